The molecular weight excluding hydrogens is 464 g/mol. The van der Waals surface area contributed by atoms with E-state index in [0.29, 0.717) is 11.9 Å². The van der Waals surface area contributed by atoms with Crippen LogP contribution in [0.25, 0.3) is 23.1 Å². The Morgan fingerprint density at radius 2 is 1.81 bits per heavy atom. The molecule has 0 bridgehead atoms. The van der Waals surface area contributed by atoms with Crippen LogP contribution >= 0.6 is 15.9 Å². The maximum atomic E-state index is 5.44. The van der Waals surface area contributed by atoms with Crippen molar-refractivity contribution in [2.75, 3.05) is 32.1 Å². The molecule has 5 nitrogen and oxygen atoms in total. The van der Waals surface area contributed by atoms with Gasteiger partial charge < -0.3 is 15.0 Å². The predicted molar refractivity (Wildman–Crippen MR) is 139 cm³/mol. The zero-order chi connectivity index (χ0) is 22.9. The summed E-state index contributed by atoms with van der Waals surface area (Å²) in [6.45, 7) is 9.97. The first-order valence-electron chi connectivity index (χ1n) is 11.3. The fourth-order valence-corrected chi connectivity index (χ4v) is 3.91. The van der Waals surface area contributed by atoms with Gasteiger partial charge in [-0.1, -0.05) is 48.0 Å². The minimum atomic E-state index is 0.304. The van der Waals surface area contributed by atoms with Gasteiger partial charge in [-0.15, -0.1) is 0 Å². The topological polar surface area (TPSA) is 50.3 Å². The molecule has 170 valence electrons. The normalized spacial score (nSPS) is 12.6. The molecule has 0 saturated carbocycles. The zero-order valence-corrected chi connectivity index (χ0v) is 21.0. The van der Waals surface area contributed by atoms with E-state index in [0.717, 1.165) is 65.0 Å². The fraction of sp³-hybridized carbons (Fsp3) is 0.385. The maximum Gasteiger partial charge on any atom is 0.154 e. The van der Waals surface area contributed by atoms with Gasteiger partial charge in [-0.05, 0) is 81.4 Å². The molecule has 1 N–H and O–H groups in total. The molecular formula is C26H33BrN4O. The molecule has 0 radical (unpaired) electrons. The number of hydrogen-bond donors (Lipinski definition) is 1. The molecule has 1 atom stereocenters. The number of nitrogens with zero attached hydrogens (tertiary/aromatic N) is 3. The summed E-state index contributed by atoms with van der Waals surface area (Å²) >= 11 is 3.48. The molecule has 1 heterocycles. The number of benzene rings is 2. The van der Waals surface area contributed by atoms with E-state index in [4.69, 9.17) is 14.7 Å². The molecule has 6 heteroatoms. The van der Waals surface area contributed by atoms with Crippen LogP contribution in [0.5, 0.6) is 5.75 Å². The van der Waals surface area contributed by atoms with E-state index in [1.807, 2.05) is 42.5 Å². The number of fused-ring (bicyclic) bond motifs is 1. The lowest BCUT2D eigenvalue weighted by atomic mass is 10.1. The highest BCUT2D eigenvalue weighted by Crippen LogP contribution is 2.26. The van der Waals surface area contributed by atoms with Gasteiger partial charge in [0.2, 0.25) is 0 Å². The van der Waals surface area contributed by atoms with E-state index in [1.165, 1.54) is 0 Å². The molecule has 0 aliphatic carbocycles. The third-order valence-corrected chi connectivity index (χ3v) is 6.13. The quantitative estimate of drug-likeness (QED) is 0.328. The number of ether oxygens (including phenoxy) is 1. The first-order chi connectivity index (χ1) is 15.5. The summed E-state index contributed by atoms with van der Waals surface area (Å²) in [6, 6.07) is 14.4. The SMILES string of the molecule is CCN(CC)CCCC(C)Nc1nc(C=Cc2ccc(Br)cc2)nc2ccc(OC)cc12. The number of nitrogens with one attached hydrogen (secondary N) is 1. The molecule has 0 fully saturated rings. The molecule has 1 aromatic heterocycles. The number of halogens is 1. The van der Waals surface area contributed by atoms with Gasteiger partial charge >= 0.3 is 0 Å². The van der Waals surface area contributed by atoms with Gasteiger partial charge in [0, 0.05) is 15.9 Å². The van der Waals surface area contributed by atoms with Crippen LogP contribution < -0.4 is 10.1 Å². The van der Waals surface area contributed by atoms with E-state index in [1.54, 1.807) is 7.11 Å². The minimum Gasteiger partial charge on any atom is -0.497 e. The Morgan fingerprint density at radius 3 is 2.50 bits per heavy atom. The summed E-state index contributed by atoms with van der Waals surface area (Å²) in [5.74, 6) is 2.33. The molecule has 1 unspecified atom stereocenters. The summed E-state index contributed by atoms with van der Waals surface area (Å²) in [4.78, 5) is 12.1. The molecule has 3 aromatic rings. The van der Waals surface area contributed by atoms with Crippen LogP contribution in [-0.2, 0) is 0 Å². The largest absolute Gasteiger partial charge is 0.497 e. The van der Waals surface area contributed by atoms with Gasteiger partial charge in [0.05, 0.1) is 12.6 Å². The van der Waals surface area contributed by atoms with E-state index in [9.17, 15) is 0 Å². The number of anilines is 1. The fourth-order valence-electron chi connectivity index (χ4n) is 3.65. The van der Waals surface area contributed by atoms with Crippen molar-refractivity contribution >= 4 is 44.8 Å². The Balaban J connectivity index is 1.82. The molecule has 0 aliphatic heterocycles. The lowest BCUT2D eigenvalue weighted by Crippen LogP contribution is -2.25. The van der Waals surface area contributed by atoms with Crippen molar-refractivity contribution < 1.29 is 4.74 Å². The molecule has 0 saturated heterocycles. The molecule has 32 heavy (non-hydrogen) atoms. The number of rotatable bonds is 11. The van der Waals surface area contributed by atoms with Crippen LogP contribution in [0.4, 0.5) is 5.82 Å². The summed E-state index contributed by atoms with van der Waals surface area (Å²) in [6.07, 6.45) is 6.23. The smallest absolute Gasteiger partial charge is 0.154 e. The summed E-state index contributed by atoms with van der Waals surface area (Å²) in [5, 5.41) is 4.60. The van der Waals surface area contributed by atoms with Gasteiger partial charge in [-0.25, -0.2) is 9.97 Å². The maximum absolute atomic E-state index is 5.44. The Labute approximate surface area is 200 Å². The third kappa shape index (κ3) is 6.78. The Morgan fingerprint density at radius 1 is 1.06 bits per heavy atom. The Kier molecular flexibility index (Phi) is 9.06. The molecule has 3 rings (SSSR count). The molecule has 0 amide bonds. The van der Waals surface area contributed by atoms with Crippen molar-refractivity contribution in [3.8, 4) is 5.75 Å². The lowest BCUT2D eigenvalue weighted by Gasteiger charge is -2.20. The van der Waals surface area contributed by atoms with Crippen LogP contribution in [-0.4, -0.2) is 47.7 Å². The standard InChI is InChI=1S/C26H33BrN4O/c1-5-31(6-2)17-7-8-19(3)28-26-23-18-22(32-4)14-15-24(23)29-25(30-26)16-11-20-9-12-21(27)13-10-20/h9-16,18-19H,5-8,17H2,1-4H3,(H,28,29,30). The van der Waals surface area contributed by atoms with Crippen molar-refractivity contribution in [3.05, 3.63) is 58.3 Å². The van der Waals surface area contributed by atoms with Gasteiger partial charge in [-0.2, -0.15) is 0 Å². The lowest BCUT2D eigenvalue weighted by molar-refractivity contribution is 0.295. The number of hydrogen-bond acceptors (Lipinski definition) is 5. The van der Waals surface area contributed by atoms with Crippen LogP contribution in [0.1, 0.15) is 45.0 Å². The van der Waals surface area contributed by atoms with Crippen LogP contribution in [0, 0.1) is 0 Å². The van der Waals surface area contributed by atoms with Crippen LogP contribution in [0.3, 0.4) is 0 Å². The average molecular weight is 497 g/mol. The summed E-state index contributed by atoms with van der Waals surface area (Å²) < 4.78 is 6.50. The first-order valence-corrected chi connectivity index (χ1v) is 12.1. The highest BCUT2D eigenvalue weighted by molar-refractivity contribution is 9.10. The number of aromatic nitrogens is 2. The molecule has 0 aliphatic rings. The highest BCUT2D eigenvalue weighted by Gasteiger charge is 2.11. The second-order valence-corrected chi connectivity index (χ2v) is 8.83. The van der Waals surface area contributed by atoms with Crippen molar-refractivity contribution in [2.24, 2.45) is 0 Å². The number of methoxy groups -OCH3 is 1. The van der Waals surface area contributed by atoms with E-state index < -0.39 is 0 Å². The van der Waals surface area contributed by atoms with E-state index >= 15 is 0 Å². The molecule has 0 spiro atoms. The first kappa shape index (κ1) is 24.2. The monoisotopic (exact) mass is 496 g/mol. The van der Waals surface area contributed by atoms with Crippen LogP contribution in [0.2, 0.25) is 0 Å². The van der Waals surface area contributed by atoms with E-state index in [-0.39, 0.29) is 0 Å². The van der Waals surface area contributed by atoms with Crippen molar-refractivity contribution in [1.29, 1.82) is 0 Å². The summed E-state index contributed by atoms with van der Waals surface area (Å²) in [5.41, 5.74) is 2.00. The molecule has 2 aromatic carbocycles. The van der Waals surface area contributed by atoms with Crippen molar-refractivity contribution in [3.63, 3.8) is 0 Å². The van der Waals surface area contributed by atoms with E-state index in [2.05, 4.69) is 59.1 Å². The van der Waals surface area contributed by atoms with Gasteiger partial charge in [0.25, 0.3) is 0 Å². The van der Waals surface area contributed by atoms with Crippen molar-refractivity contribution in [2.45, 2.75) is 39.7 Å². The highest BCUT2D eigenvalue weighted by atomic mass is 79.9. The Bertz CT molecular complexity index is 1030. The predicted octanol–water partition coefficient (Wildman–Crippen LogP) is 6.49. The Hall–Kier alpha value is -2.44. The summed E-state index contributed by atoms with van der Waals surface area (Å²) in [7, 11) is 1.68. The minimum absolute atomic E-state index is 0.304. The average Bonchev–Trinajstić information content (AvgIpc) is 2.81. The van der Waals surface area contributed by atoms with Crippen LogP contribution in [0.15, 0.2) is 46.9 Å². The van der Waals surface area contributed by atoms with Crippen molar-refractivity contribution in [1.82, 2.24) is 14.9 Å². The second-order valence-electron chi connectivity index (χ2n) is 7.91. The second kappa shape index (κ2) is 12.0. The third-order valence-electron chi connectivity index (χ3n) is 5.60. The zero-order valence-electron chi connectivity index (χ0n) is 19.4. The van der Waals surface area contributed by atoms with Gasteiger partial charge in [0.15, 0.2) is 5.82 Å². The van der Waals surface area contributed by atoms with Gasteiger partial charge in [-0.3, -0.25) is 0 Å². The van der Waals surface area contributed by atoms with Gasteiger partial charge in [0.1, 0.15) is 11.6 Å².